The van der Waals surface area contributed by atoms with Crippen LogP contribution in [0.15, 0.2) is 48.5 Å². The van der Waals surface area contributed by atoms with Crippen LogP contribution in [0.2, 0.25) is 0 Å². The number of nitrogens with one attached hydrogen (secondary N) is 2. The summed E-state index contributed by atoms with van der Waals surface area (Å²) >= 11 is 0. The predicted molar refractivity (Wildman–Crippen MR) is 116 cm³/mol. The van der Waals surface area contributed by atoms with Crippen LogP contribution < -0.4 is 19.7 Å². The zero-order valence-electron chi connectivity index (χ0n) is 17.5. The highest BCUT2D eigenvalue weighted by molar-refractivity contribution is 5.97. The van der Waals surface area contributed by atoms with Crippen LogP contribution in [0.5, 0.6) is 11.5 Å². The van der Waals surface area contributed by atoms with Gasteiger partial charge in [-0.3, -0.25) is 9.89 Å². The first kappa shape index (κ1) is 20.7. The van der Waals surface area contributed by atoms with E-state index < -0.39 is 0 Å². The van der Waals surface area contributed by atoms with Gasteiger partial charge in [-0.05, 0) is 54.8 Å². The van der Waals surface area contributed by atoms with E-state index in [-0.39, 0.29) is 17.8 Å². The van der Waals surface area contributed by atoms with Gasteiger partial charge in [-0.15, -0.1) is 0 Å². The minimum Gasteiger partial charge on any atom is -0.497 e. The average molecular weight is 424 g/mol. The quantitative estimate of drug-likeness (QED) is 0.632. The Morgan fingerprint density at radius 2 is 1.97 bits per heavy atom. The average Bonchev–Trinajstić information content (AvgIpc) is 3.29. The van der Waals surface area contributed by atoms with E-state index in [2.05, 4.69) is 20.4 Å². The van der Waals surface area contributed by atoms with Gasteiger partial charge in [0.05, 0.1) is 25.5 Å². The number of benzene rings is 2. The van der Waals surface area contributed by atoms with Gasteiger partial charge in [0.2, 0.25) is 0 Å². The third-order valence-corrected chi connectivity index (χ3v) is 5.45. The number of methoxy groups -OCH3 is 2. The molecule has 0 spiro atoms. The monoisotopic (exact) mass is 424 g/mol. The lowest BCUT2D eigenvalue weighted by atomic mass is 10.0. The SMILES string of the molecule is COc1ccc(C(=O)N[C@@H]2CCCN(c3cc(-c4ccc(F)cc4)[nH]n3)C2)c(OC)c1. The first-order valence-corrected chi connectivity index (χ1v) is 10.2. The highest BCUT2D eigenvalue weighted by atomic mass is 19.1. The highest BCUT2D eigenvalue weighted by Crippen LogP contribution is 2.26. The number of carbonyl (C=O) groups is 1. The zero-order valence-corrected chi connectivity index (χ0v) is 17.5. The fraction of sp³-hybridized carbons (Fsp3) is 0.304. The number of aromatic nitrogens is 2. The number of hydrogen-bond donors (Lipinski definition) is 2. The van der Waals surface area contributed by atoms with Crippen molar-refractivity contribution in [1.82, 2.24) is 15.5 Å². The van der Waals surface area contributed by atoms with Crippen molar-refractivity contribution in [2.75, 3.05) is 32.2 Å². The molecule has 31 heavy (non-hydrogen) atoms. The normalized spacial score (nSPS) is 16.1. The number of H-pyrrole nitrogens is 1. The summed E-state index contributed by atoms with van der Waals surface area (Å²) in [5.74, 6) is 1.46. The molecule has 1 aromatic heterocycles. The van der Waals surface area contributed by atoms with Crippen LogP contribution in [-0.4, -0.2) is 49.5 Å². The number of halogens is 1. The van der Waals surface area contributed by atoms with E-state index in [1.54, 1.807) is 37.4 Å². The maximum absolute atomic E-state index is 13.2. The van der Waals surface area contributed by atoms with E-state index in [0.717, 1.165) is 36.5 Å². The largest absolute Gasteiger partial charge is 0.497 e. The Bertz CT molecular complexity index is 1050. The number of amides is 1. The van der Waals surface area contributed by atoms with Crippen LogP contribution in [0.25, 0.3) is 11.3 Å². The molecule has 2 N–H and O–H groups in total. The summed E-state index contributed by atoms with van der Waals surface area (Å²) in [4.78, 5) is 15.0. The van der Waals surface area contributed by atoms with Gasteiger partial charge < -0.3 is 19.7 Å². The number of rotatable bonds is 6. The van der Waals surface area contributed by atoms with Gasteiger partial charge in [0.1, 0.15) is 17.3 Å². The molecule has 4 rings (SSSR count). The van der Waals surface area contributed by atoms with Crippen LogP contribution in [0.4, 0.5) is 10.2 Å². The second-order valence-corrected chi connectivity index (χ2v) is 7.47. The van der Waals surface area contributed by atoms with Crippen LogP contribution in [-0.2, 0) is 0 Å². The number of aromatic amines is 1. The van der Waals surface area contributed by atoms with E-state index in [1.807, 2.05) is 6.07 Å². The van der Waals surface area contributed by atoms with Gasteiger partial charge in [0.15, 0.2) is 5.82 Å². The third kappa shape index (κ3) is 4.63. The maximum atomic E-state index is 13.2. The second-order valence-electron chi connectivity index (χ2n) is 7.47. The Morgan fingerprint density at radius 3 is 2.71 bits per heavy atom. The molecular formula is C23H25FN4O3. The molecule has 2 aromatic carbocycles. The van der Waals surface area contributed by atoms with Crippen LogP contribution in [0.1, 0.15) is 23.2 Å². The predicted octanol–water partition coefficient (Wildman–Crippen LogP) is 3.63. The van der Waals surface area contributed by atoms with Crippen LogP contribution >= 0.6 is 0 Å². The van der Waals surface area contributed by atoms with E-state index in [0.29, 0.717) is 23.6 Å². The van der Waals surface area contributed by atoms with Crippen molar-refractivity contribution in [3.63, 3.8) is 0 Å². The summed E-state index contributed by atoms with van der Waals surface area (Å²) in [6.07, 6.45) is 1.82. The molecule has 7 nitrogen and oxygen atoms in total. The number of nitrogens with zero attached hydrogens (tertiary/aromatic N) is 2. The summed E-state index contributed by atoms with van der Waals surface area (Å²) in [6.45, 7) is 1.50. The minimum atomic E-state index is -0.272. The van der Waals surface area contributed by atoms with E-state index >= 15 is 0 Å². The third-order valence-electron chi connectivity index (χ3n) is 5.45. The fourth-order valence-corrected chi connectivity index (χ4v) is 3.80. The fourth-order valence-electron chi connectivity index (χ4n) is 3.80. The van der Waals surface area contributed by atoms with Gasteiger partial charge in [-0.2, -0.15) is 5.10 Å². The molecule has 0 aliphatic carbocycles. The molecule has 0 unspecified atom stereocenters. The molecule has 0 bridgehead atoms. The Balaban J connectivity index is 1.43. The van der Waals surface area contributed by atoms with Gasteiger partial charge >= 0.3 is 0 Å². The maximum Gasteiger partial charge on any atom is 0.255 e. The molecule has 1 amide bonds. The molecule has 1 aliphatic heterocycles. The summed E-state index contributed by atoms with van der Waals surface area (Å²) in [5.41, 5.74) is 2.16. The van der Waals surface area contributed by atoms with Gasteiger partial charge in [-0.25, -0.2) is 4.39 Å². The van der Waals surface area contributed by atoms with E-state index in [1.165, 1.54) is 19.2 Å². The van der Waals surface area contributed by atoms with Gasteiger partial charge in [-0.1, -0.05) is 0 Å². The zero-order chi connectivity index (χ0) is 21.8. The standard InChI is InChI=1S/C23H25FN4O3/c1-30-18-9-10-19(21(12-18)31-2)23(29)25-17-4-3-11-28(14-17)22-13-20(26-27-22)15-5-7-16(24)8-6-15/h5-10,12-13,17H,3-4,11,14H2,1-2H3,(H,25,29)(H,26,27)/t17-/m1/s1. The first-order valence-electron chi connectivity index (χ1n) is 10.2. The molecular weight excluding hydrogens is 399 g/mol. The van der Waals surface area contributed by atoms with Crippen LogP contribution in [0, 0.1) is 5.82 Å². The molecule has 1 atom stereocenters. The molecule has 1 saturated heterocycles. The number of ether oxygens (including phenoxy) is 2. The summed E-state index contributed by atoms with van der Waals surface area (Å²) in [7, 11) is 3.10. The molecule has 3 aromatic rings. The van der Waals surface area contributed by atoms with Crippen molar-refractivity contribution in [3.05, 3.63) is 59.9 Å². The lowest BCUT2D eigenvalue weighted by Crippen LogP contribution is -2.48. The van der Waals surface area contributed by atoms with E-state index in [9.17, 15) is 9.18 Å². The number of piperidine rings is 1. The number of carbonyl (C=O) groups excluding carboxylic acids is 1. The van der Waals surface area contributed by atoms with Crippen LogP contribution in [0.3, 0.4) is 0 Å². The molecule has 8 heteroatoms. The van der Waals surface area contributed by atoms with Crippen molar-refractivity contribution in [2.45, 2.75) is 18.9 Å². The molecule has 1 aliphatic rings. The Hall–Kier alpha value is -3.55. The molecule has 162 valence electrons. The summed E-state index contributed by atoms with van der Waals surface area (Å²) < 4.78 is 23.7. The second kappa shape index (κ2) is 9.07. The van der Waals surface area contributed by atoms with Crippen molar-refractivity contribution < 1.29 is 18.7 Å². The minimum absolute atomic E-state index is 0.0148. The van der Waals surface area contributed by atoms with Gasteiger partial charge in [0.25, 0.3) is 5.91 Å². The number of hydrogen-bond acceptors (Lipinski definition) is 5. The highest BCUT2D eigenvalue weighted by Gasteiger charge is 2.25. The Kier molecular flexibility index (Phi) is 6.06. The molecule has 1 fully saturated rings. The molecule has 0 saturated carbocycles. The van der Waals surface area contributed by atoms with Crippen molar-refractivity contribution in [2.24, 2.45) is 0 Å². The van der Waals surface area contributed by atoms with Gasteiger partial charge in [0, 0.05) is 31.3 Å². The topological polar surface area (TPSA) is 79.5 Å². The van der Waals surface area contributed by atoms with Crippen molar-refractivity contribution in [3.8, 4) is 22.8 Å². The van der Waals surface area contributed by atoms with E-state index in [4.69, 9.17) is 9.47 Å². The lowest BCUT2D eigenvalue weighted by Gasteiger charge is -2.33. The van der Waals surface area contributed by atoms with Crippen molar-refractivity contribution >= 4 is 11.7 Å². The molecule has 0 radical (unpaired) electrons. The Labute approximate surface area is 180 Å². The summed E-state index contributed by atoms with van der Waals surface area (Å²) in [5, 5.41) is 10.5. The lowest BCUT2D eigenvalue weighted by molar-refractivity contribution is 0.0930. The first-order chi connectivity index (χ1) is 15.1. The Morgan fingerprint density at radius 1 is 1.16 bits per heavy atom. The smallest absolute Gasteiger partial charge is 0.255 e. The molecule has 2 heterocycles. The van der Waals surface area contributed by atoms with Crippen molar-refractivity contribution in [1.29, 1.82) is 0 Å². The summed E-state index contributed by atoms with van der Waals surface area (Å²) in [6, 6.07) is 13.4. The number of anilines is 1.